The summed E-state index contributed by atoms with van der Waals surface area (Å²) >= 11 is 3.53. The van der Waals surface area contributed by atoms with Crippen LogP contribution in [-0.4, -0.2) is 18.8 Å². The first-order valence-corrected chi connectivity index (χ1v) is 7.13. The van der Waals surface area contributed by atoms with Gasteiger partial charge in [0, 0.05) is 23.3 Å². The minimum absolute atomic E-state index is 0.0937. The average molecular weight is 314 g/mol. The van der Waals surface area contributed by atoms with Gasteiger partial charge in [-0.2, -0.15) is 0 Å². The maximum Gasteiger partial charge on any atom is 0.0642 e. The average Bonchev–Trinajstić information content (AvgIpc) is 2.22. The van der Waals surface area contributed by atoms with E-state index in [1.165, 1.54) is 16.8 Å². The van der Waals surface area contributed by atoms with Crippen LogP contribution in [0.15, 0.2) is 16.6 Å². The molecule has 1 unspecified atom stereocenters. The first-order valence-electron chi connectivity index (χ1n) is 6.33. The van der Waals surface area contributed by atoms with Crippen LogP contribution in [0.25, 0.3) is 0 Å². The molecular weight excluding hydrogens is 290 g/mol. The van der Waals surface area contributed by atoms with Crippen LogP contribution in [0, 0.1) is 13.8 Å². The Balaban J connectivity index is 2.79. The van der Waals surface area contributed by atoms with E-state index < -0.39 is 0 Å². The van der Waals surface area contributed by atoms with Crippen LogP contribution in [-0.2, 0) is 4.74 Å². The standard InChI is InChI=1S/C15H24BrNO/c1-10-7-13(16)8-11(2)14(10)17-12(3)9-15(4,5)18-6/h7-8,12,17H,9H2,1-6H3. The minimum Gasteiger partial charge on any atom is -0.382 e. The van der Waals surface area contributed by atoms with Gasteiger partial charge >= 0.3 is 0 Å². The smallest absolute Gasteiger partial charge is 0.0642 e. The van der Waals surface area contributed by atoms with Gasteiger partial charge in [0.15, 0.2) is 0 Å². The Kier molecular flexibility index (Phi) is 5.23. The Bertz CT molecular complexity index is 392. The zero-order chi connectivity index (χ0) is 13.9. The first kappa shape index (κ1) is 15.5. The van der Waals surface area contributed by atoms with Crippen LogP contribution in [0.4, 0.5) is 5.69 Å². The maximum atomic E-state index is 5.48. The number of rotatable bonds is 5. The minimum atomic E-state index is -0.0937. The zero-order valence-corrected chi connectivity index (χ0v) is 13.8. The fourth-order valence-electron chi connectivity index (χ4n) is 2.26. The lowest BCUT2D eigenvalue weighted by Gasteiger charge is -2.28. The number of halogens is 1. The molecule has 1 aromatic carbocycles. The van der Waals surface area contributed by atoms with Crippen molar-refractivity contribution in [1.29, 1.82) is 0 Å². The highest BCUT2D eigenvalue weighted by molar-refractivity contribution is 9.10. The Morgan fingerprint density at radius 1 is 1.28 bits per heavy atom. The Labute approximate surface area is 119 Å². The lowest BCUT2D eigenvalue weighted by molar-refractivity contribution is 0.0128. The van der Waals surface area contributed by atoms with Crippen LogP contribution in [0.1, 0.15) is 38.3 Å². The van der Waals surface area contributed by atoms with Crippen LogP contribution >= 0.6 is 15.9 Å². The highest BCUT2D eigenvalue weighted by Crippen LogP contribution is 2.27. The van der Waals surface area contributed by atoms with Gasteiger partial charge in [0.25, 0.3) is 0 Å². The van der Waals surface area contributed by atoms with Gasteiger partial charge in [-0.05, 0) is 64.3 Å². The van der Waals surface area contributed by atoms with Gasteiger partial charge in [-0.25, -0.2) is 0 Å². The summed E-state index contributed by atoms with van der Waals surface area (Å²) in [5.74, 6) is 0. The van der Waals surface area contributed by atoms with Crippen molar-refractivity contribution in [3.8, 4) is 0 Å². The molecular formula is C15H24BrNO. The predicted octanol–water partition coefficient (Wildman–Crippen LogP) is 4.68. The zero-order valence-electron chi connectivity index (χ0n) is 12.2. The van der Waals surface area contributed by atoms with E-state index in [2.05, 4.69) is 68.0 Å². The summed E-state index contributed by atoms with van der Waals surface area (Å²) in [4.78, 5) is 0. The molecule has 0 saturated heterocycles. The molecule has 0 amide bonds. The van der Waals surface area contributed by atoms with Gasteiger partial charge in [-0.3, -0.25) is 0 Å². The van der Waals surface area contributed by atoms with Crippen LogP contribution in [0.5, 0.6) is 0 Å². The van der Waals surface area contributed by atoms with Crippen molar-refractivity contribution in [1.82, 2.24) is 0 Å². The van der Waals surface area contributed by atoms with Gasteiger partial charge in [-0.1, -0.05) is 15.9 Å². The maximum absolute atomic E-state index is 5.48. The third kappa shape index (κ3) is 4.29. The van der Waals surface area contributed by atoms with E-state index in [0.717, 1.165) is 10.9 Å². The molecule has 0 aliphatic rings. The predicted molar refractivity (Wildman–Crippen MR) is 82.4 cm³/mol. The molecule has 0 bridgehead atoms. The second-order valence-corrected chi connectivity index (χ2v) is 6.54. The number of nitrogens with one attached hydrogen (secondary N) is 1. The topological polar surface area (TPSA) is 21.3 Å². The summed E-state index contributed by atoms with van der Waals surface area (Å²) in [6, 6.07) is 4.66. The van der Waals surface area contributed by atoms with Crippen LogP contribution < -0.4 is 5.32 Å². The van der Waals surface area contributed by atoms with Gasteiger partial charge in [-0.15, -0.1) is 0 Å². The second-order valence-electron chi connectivity index (χ2n) is 5.63. The molecule has 3 heteroatoms. The van der Waals surface area contributed by atoms with Gasteiger partial charge in [0.2, 0.25) is 0 Å². The molecule has 0 spiro atoms. The molecule has 0 saturated carbocycles. The van der Waals surface area contributed by atoms with Crippen molar-refractivity contribution in [2.24, 2.45) is 0 Å². The number of aryl methyl sites for hydroxylation is 2. The van der Waals surface area contributed by atoms with Crippen molar-refractivity contribution in [3.63, 3.8) is 0 Å². The monoisotopic (exact) mass is 313 g/mol. The number of methoxy groups -OCH3 is 1. The SMILES string of the molecule is COC(C)(C)CC(C)Nc1c(C)cc(Br)cc1C. The van der Waals surface area contributed by atoms with E-state index in [0.29, 0.717) is 6.04 Å². The summed E-state index contributed by atoms with van der Waals surface area (Å²) in [6.45, 7) is 10.7. The third-order valence-electron chi connectivity index (χ3n) is 3.24. The molecule has 1 aromatic rings. The van der Waals surface area contributed by atoms with E-state index in [9.17, 15) is 0 Å². The van der Waals surface area contributed by atoms with Crippen molar-refractivity contribution in [2.45, 2.75) is 52.7 Å². The Hall–Kier alpha value is -0.540. The lowest BCUT2D eigenvalue weighted by Crippen LogP contribution is -2.31. The van der Waals surface area contributed by atoms with Gasteiger partial charge < -0.3 is 10.1 Å². The highest BCUT2D eigenvalue weighted by Gasteiger charge is 2.20. The molecule has 0 aromatic heterocycles. The molecule has 0 aliphatic carbocycles. The summed E-state index contributed by atoms with van der Waals surface area (Å²) in [5, 5.41) is 3.60. The van der Waals surface area contributed by atoms with Gasteiger partial charge in [0.05, 0.1) is 5.60 Å². The van der Waals surface area contributed by atoms with Crippen molar-refractivity contribution < 1.29 is 4.74 Å². The molecule has 18 heavy (non-hydrogen) atoms. The van der Waals surface area contributed by atoms with E-state index in [-0.39, 0.29) is 5.60 Å². The highest BCUT2D eigenvalue weighted by atomic mass is 79.9. The first-order chi connectivity index (χ1) is 8.25. The van der Waals surface area contributed by atoms with Gasteiger partial charge in [0.1, 0.15) is 0 Å². The number of benzene rings is 1. The van der Waals surface area contributed by atoms with Crippen LogP contribution in [0.2, 0.25) is 0 Å². The fourth-order valence-corrected chi connectivity index (χ4v) is 2.94. The molecule has 1 N–H and O–H groups in total. The lowest BCUT2D eigenvalue weighted by atomic mass is 9.99. The van der Waals surface area contributed by atoms with E-state index >= 15 is 0 Å². The summed E-state index contributed by atoms with van der Waals surface area (Å²) in [6.07, 6.45) is 0.971. The number of hydrogen-bond acceptors (Lipinski definition) is 2. The Morgan fingerprint density at radius 2 is 1.78 bits per heavy atom. The molecule has 0 heterocycles. The molecule has 0 radical (unpaired) electrons. The van der Waals surface area contributed by atoms with E-state index in [1.807, 2.05) is 0 Å². The Morgan fingerprint density at radius 3 is 2.22 bits per heavy atom. The van der Waals surface area contributed by atoms with Crippen molar-refractivity contribution in [3.05, 3.63) is 27.7 Å². The molecule has 102 valence electrons. The molecule has 1 atom stereocenters. The third-order valence-corrected chi connectivity index (χ3v) is 3.70. The van der Waals surface area contributed by atoms with E-state index in [4.69, 9.17) is 4.74 Å². The molecule has 1 rings (SSSR count). The summed E-state index contributed by atoms with van der Waals surface area (Å²) in [7, 11) is 1.77. The van der Waals surface area contributed by atoms with Crippen molar-refractivity contribution >= 4 is 21.6 Å². The summed E-state index contributed by atoms with van der Waals surface area (Å²) < 4.78 is 6.61. The molecule has 2 nitrogen and oxygen atoms in total. The molecule has 0 fully saturated rings. The number of hydrogen-bond donors (Lipinski definition) is 1. The quantitative estimate of drug-likeness (QED) is 0.852. The number of anilines is 1. The summed E-state index contributed by atoms with van der Waals surface area (Å²) in [5.41, 5.74) is 3.68. The van der Waals surface area contributed by atoms with E-state index in [1.54, 1.807) is 7.11 Å². The normalized spacial score (nSPS) is 13.5. The fraction of sp³-hybridized carbons (Fsp3) is 0.600. The van der Waals surface area contributed by atoms with Crippen LogP contribution in [0.3, 0.4) is 0 Å². The molecule has 0 aliphatic heterocycles. The second kappa shape index (κ2) is 6.07. The van der Waals surface area contributed by atoms with Crippen molar-refractivity contribution in [2.75, 3.05) is 12.4 Å². The largest absolute Gasteiger partial charge is 0.382 e. The number of ether oxygens (including phenoxy) is 1.